The first-order chi connectivity index (χ1) is 9.08. The number of aliphatic hydroxyl groups excluding tert-OH is 1. The molecule has 1 aromatic carbocycles. The van der Waals surface area contributed by atoms with Gasteiger partial charge in [-0.3, -0.25) is 9.59 Å². The molecule has 1 aliphatic rings. The Balaban J connectivity index is 1.93. The molecule has 5 nitrogen and oxygen atoms in total. The zero-order valence-electron chi connectivity index (χ0n) is 10.2. The van der Waals surface area contributed by atoms with E-state index in [1.807, 2.05) is 0 Å². The molecule has 19 heavy (non-hydrogen) atoms. The molecule has 1 aliphatic heterocycles. The molecule has 0 aliphatic carbocycles. The molecule has 2 amide bonds. The fourth-order valence-electron chi connectivity index (χ4n) is 1.99. The van der Waals surface area contributed by atoms with Gasteiger partial charge in [0.1, 0.15) is 11.7 Å². The smallest absolute Gasteiger partial charge is 0.235 e. The van der Waals surface area contributed by atoms with Crippen molar-refractivity contribution in [2.75, 3.05) is 6.54 Å². The molecule has 2 rings (SSSR count). The maximum absolute atomic E-state index is 12.7. The molecule has 2 unspecified atom stereocenters. The molecular weight excluding hydrogens is 251 g/mol. The van der Waals surface area contributed by atoms with E-state index in [1.165, 1.54) is 12.1 Å². The minimum absolute atomic E-state index is 0.190. The zero-order valence-corrected chi connectivity index (χ0v) is 10.2. The van der Waals surface area contributed by atoms with Crippen molar-refractivity contribution < 1.29 is 19.1 Å². The maximum Gasteiger partial charge on any atom is 0.235 e. The van der Waals surface area contributed by atoms with Crippen LogP contribution in [-0.2, 0) is 16.1 Å². The molecule has 1 fully saturated rings. The molecule has 1 heterocycles. The van der Waals surface area contributed by atoms with Crippen LogP contribution in [0.15, 0.2) is 24.3 Å². The number of nitrogens with one attached hydrogen (secondary N) is 2. The van der Waals surface area contributed by atoms with Crippen LogP contribution in [0.5, 0.6) is 0 Å². The number of carbonyl (C=O) groups excluding carboxylic acids is 2. The van der Waals surface area contributed by atoms with Gasteiger partial charge in [-0.25, -0.2) is 4.39 Å². The SMILES string of the molecule is O=C1NCCC(O)C1C(=O)NCc1ccc(F)cc1. The molecule has 1 saturated heterocycles. The quantitative estimate of drug-likeness (QED) is 0.671. The topological polar surface area (TPSA) is 78.4 Å². The van der Waals surface area contributed by atoms with Crippen molar-refractivity contribution in [3.63, 3.8) is 0 Å². The molecule has 0 spiro atoms. The standard InChI is InChI=1S/C13H15FN2O3/c14-9-3-1-8(2-4-9)7-16-13(19)11-10(17)5-6-15-12(11)18/h1-4,10-11,17H,5-7H2,(H,15,18)(H,16,19). The monoisotopic (exact) mass is 266 g/mol. The summed E-state index contributed by atoms with van der Waals surface area (Å²) >= 11 is 0. The number of hydrogen-bond acceptors (Lipinski definition) is 3. The van der Waals surface area contributed by atoms with Gasteiger partial charge in [-0.2, -0.15) is 0 Å². The van der Waals surface area contributed by atoms with Gasteiger partial charge in [0.2, 0.25) is 11.8 Å². The summed E-state index contributed by atoms with van der Waals surface area (Å²) in [7, 11) is 0. The van der Waals surface area contributed by atoms with Crippen molar-refractivity contribution in [3.05, 3.63) is 35.6 Å². The Morgan fingerprint density at radius 3 is 2.74 bits per heavy atom. The number of amides is 2. The number of carbonyl (C=O) groups is 2. The van der Waals surface area contributed by atoms with Gasteiger partial charge in [-0.05, 0) is 24.1 Å². The summed E-state index contributed by atoms with van der Waals surface area (Å²) in [5, 5.41) is 14.8. The Morgan fingerprint density at radius 1 is 1.42 bits per heavy atom. The van der Waals surface area contributed by atoms with E-state index >= 15 is 0 Å². The molecule has 2 atom stereocenters. The summed E-state index contributed by atoms with van der Waals surface area (Å²) in [6.45, 7) is 0.567. The number of halogens is 1. The molecule has 1 aromatic rings. The van der Waals surface area contributed by atoms with E-state index in [9.17, 15) is 19.1 Å². The van der Waals surface area contributed by atoms with Crippen molar-refractivity contribution in [1.29, 1.82) is 0 Å². The van der Waals surface area contributed by atoms with Crippen molar-refractivity contribution >= 4 is 11.8 Å². The van der Waals surface area contributed by atoms with Crippen LogP contribution in [0.25, 0.3) is 0 Å². The van der Waals surface area contributed by atoms with Crippen LogP contribution in [0.4, 0.5) is 4.39 Å². The van der Waals surface area contributed by atoms with Gasteiger partial charge in [0.05, 0.1) is 6.10 Å². The van der Waals surface area contributed by atoms with Gasteiger partial charge >= 0.3 is 0 Å². The predicted molar refractivity (Wildman–Crippen MR) is 65.4 cm³/mol. The summed E-state index contributed by atoms with van der Waals surface area (Å²) in [6.07, 6.45) is -0.595. The fourth-order valence-corrected chi connectivity index (χ4v) is 1.99. The van der Waals surface area contributed by atoms with E-state index in [0.29, 0.717) is 13.0 Å². The molecule has 102 valence electrons. The first-order valence-electron chi connectivity index (χ1n) is 6.06. The van der Waals surface area contributed by atoms with Gasteiger partial charge in [-0.1, -0.05) is 12.1 Å². The average molecular weight is 266 g/mol. The average Bonchev–Trinajstić information content (AvgIpc) is 2.38. The van der Waals surface area contributed by atoms with Gasteiger partial charge in [-0.15, -0.1) is 0 Å². The van der Waals surface area contributed by atoms with Crippen molar-refractivity contribution in [2.45, 2.75) is 19.1 Å². The van der Waals surface area contributed by atoms with Gasteiger partial charge in [0, 0.05) is 13.1 Å². The van der Waals surface area contributed by atoms with Gasteiger partial charge < -0.3 is 15.7 Å². The third kappa shape index (κ3) is 3.29. The van der Waals surface area contributed by atoms with Crippen LogP contribution in [-0.4, -0.2) is 29.6 Å². The van der Waals surface area contributed by atoms with E-state index in [4.69, 9.17) is 0 Å². The van der Waals surface area contributed by atoms with Crippen LogP contribution in [0, 0.1) is 11.7 Å². The largest absolute Gasteiger partial charge is 0.392 e. The Labute approximate surface area is 109 Å². The molecule has 0 aromatic heterocycles. The number of hydrogen-bond donors (Lipinski definition) is 3. The van der Waals surface area contributed by atoms with E-state index in [0.717, 1.165) is 5.56 Å². The highest BCUT2D eigenvalue weighted by atomic mass is 19.1. The Hall–Kier alpha value is -1.95. The van der Waals surface area contributed by atoms with Crippen molar-refractivity contribution in [2.24, 2.45) is 5.92 Å². The lowest BCUT2D eigenvalue weighted by molar-refractivity contribution is -0.142. The summed E-state index contributed by atoms with van der Waals surface area (Å²) < 4.78 is 12.7. The second kappa shape index (κ2) is 5.79. The molecular formula is C13H15FN2O3. The number of piperidine rings is 1. The van der Waals surface area contributed by atoms with Crippen LogP contribution < -0.4 is 10.6 Å². The van der Waals surface area contributed by atoms with Crippen molar-refractivity contribution in [1.82, 2.24) is 10.6 Å². The highest BCUT2D eigenvalue weighted by molar-refractivity contribution is 6.01. The highest BCUT2D eigenvalue weighted by Gasteiger charge is 2.36. The number of aliphatic hydroxyl groups is 1. The number of rotatable bonds is 3. The van der Waals surface area contributed by atoms with E-state index in [2.05, 4.69) is 10.6 Å². The first kappa shape index (κ1) is 13.5. The highest BCUT2D eigenvalue weighted by Crippen LogP contribution is 2.13. The lowest BCUT2D eigenvalue weighted by atomic mass is 9.94. The maximum atomic E-state index is 12.7. The second-order valence-electron chi connectivity index (χ2n) is 4.47. The van der Waals surface area contributed by atoms with E-state index in [1.54, 1.807) is 12.1 Å². The van der Waals surface area contributed by atoms with Crippen LogP contribution in [0.2, 0.25) is 0 Å². The molecule has 0 saturated carbocycles. The van der Waals surface area contributed by atoms with Gasteiger partial charge in [0.25, 0.3) is 0 Å². The lowest BCUT2D eigenvalue weighted by Crippen LogP contribution is -2.51. The van der Waals surface area contributed by atoms with E-state index in [-0.39, 0.29) is 12.4 Å². The Bertz CT molecular complexity index is 475. The summed E-state index contributed by atoms with van der Waals surface area (Å²) in [4.78, 5) is 23.4. The van der Waals surface area contributed by atoms with Gasteiger partial charge in [0.15, 0.2) is 0 Å². The summed E-state index contributed by atoms with van der Waals surface area (Å²) in [5.74, 6) is -2.41. The Kier molecular flexibility index (Phi) is 4.11. The molecule has 3 N–H and O–H groups in total. The normalized spacial score (nSPS) is 22.7. The fraction of sp³-hybridized carbons (Fsp3) is 0.385. The summed E-state index contributed by atoms with van der Waals surface area (Å²) in [5.41, 5.74) is 0.723. The predicted octanol–water partition coefficient (Wildman–Crippen LogP) is -0.0611. The summed E-state index contributed by atoms with van der Waals surface area (Å²) in [6, 6.07) is 5.69. The number of benzene rings is 1. The van der Waals surface area contributed by atoms with Crippen LogP contribution >= 0.6 is 0 Å². The van der Waals surface area contributed by atoms with Crippen LogP contribution in [0.3, 0.4) is 0 Å². The zero-order chi connectivity index (χ0) is 13.8. The third-order valence-electron chi connectivity index (χ3n) is 3.07. The van der Waals surface area contributed by atoms with Crippen LogP contribution in [0.1, 0.15) is 12.0 Å². The minimum Gasteiger partial charge on any atom is -0.392 e. The molecule has 6 heteroatoms. The Morgan fingerprint density at radius 2 is 2.11 bits per heavy atom. The lowest BCUT2D eigenvalue weighted by Gasteiger charge is -2.26. The van der Waals surface area contributed by atoms with Crippen molar-refractivity contribution in [3.8, 4) is 0 Å². The second-order valence-corrected chi connectivity index (χ2v) is 4.47. The van der Waals surface area contributed by atoms with E-state index < -0.39 is 23.8 Å². The minimum atomic E-state index is -1.07. The molecule has 0 radical (unpaired) electrons. The molecule has 0 bridgehead atoms. The third-order valence-corrected chi connectivity index (χ3v) is 3.07. The first-order valence-corrected chi connectivity index (χ1v) is 6.06.